The normalized spacial score (nSPS) is 15.2. The zero-order valence-corrected chi connectivity index (χ0v) is 32.4. The standard InChI is InChI=1S/C55H36N2S/c1-3-16-37(17-4-1)38-30-32-40(33-31-38)56(39-18-5-2-6-19-39)41-34-35-43-42-20-7-9-22-45(42)55(48(43)36-41)46-23-10-8-21-44(46)54-47(55)24-15-27-51(54)57-49-25-11-13-28-52(49)58-53-29-14-12-26-50(53)57/h1-36H. The van der Waals surface area contributed by atoms with Crippen LogP contribution in [-0.2, 0) is 5.41 Å². The van der Waals surface area contributed by atoms with E-state index in [9.17, 15) is 0 Å². The topological polar surface area (TPSA) is 6.48 Å². The van der Waals surface area contributed by atoms with Gasteiger partial charge in [-0.25, -0.2) is 0 Å². The monoisotopic (exact) mass is 756 g/mol. The second kappa shape index (κ2) is 13.0. The molecule has 9 aromatic rings. The lowest BCUT2D eigenvalue weighted by molar-refractivity contribution is 0.793. The summed E-state index contributed by atoms with van der Waals surface area (Å²) in [6.45, 7) is 0. The van der Waals surface area contributed by atoms with Crippen LogP contribution in [0.3, 0.4) is 0 Å². The molecule has 12 rings (SSSR count). The van der Waals surface area contributed by atoms with Gasteiger partial charge >= 0.3 is 0 Å². The van der Waals surface area contributed by atoms with Crippen molar-refractivity contribution in [1.82, 2.24) is 0 Å². The Kier molecular flexibility index (Phi) is 7.41. The van der Waals surface area contributed by atoms with E-state index in [1.54, 1.807) is 0 Å². The first-order valence-electron chi connectivity index (χ1n) is 19.9. The summed E-state index contributed by atoms with van der Waals surface area (Å²) in [6.07, 6.45) is 0. The van der Waals surface area contributed by atoms with E-state index in [2.05, 4.69) is 228 Å². The second-order valence-electron chi connectivity index (χ2n) is 15.2. The van der Waals surface area contributed by atoms with Crippen molar-refractivity contribution >= 4 is 45.9 Å². The molecule has 0 bridgehead atoms. The molecule has 3 aliphatic rings. The zero-order valence-electron chi connectivity index (χ0n) is 31.6. The molecule has 0 radical (unpaired) electrons. The Morgan fingerprint density at radius 1 is 0.345 bits per heavy atom. The number of nitrogens with zero attached hydrogens (tertiary/aromatic N) is 2. The molecular formula is C55H36N2S. The molecule has 2 aliphatic carbocycles. The molecule has 0 fully saturated rings. The third-order valence-corrected chi connectivity index (χ3v) is 13.4. The average Bonchev–Trinajstić information content (AvgIpc) is 3.76. The van der Waals surface area contributed by atoms with Gasteiger partial charge in [-0.2, -0.15) is 0 Å². The van der Waals surface area contributed by atoms with Gasteiger partial charge in [-0.15, -0.1) is 0 Å². The van der Waals surface area contributed by atoms with Gasteiger partial charge in [0.25, 0.3) is 0 Å². The van der Waals surface area contributed by atoms with E-state index >= 15 is 0 Å². The van der Waals surface area contributed by atoms with Crippen molar-refractivity contribution in [1.29, 1.82) is 0 Å². The van der Waals surface area contributed by atoms with E-state index in [1.165, 1.54) is 82.5 Å². The van der Waals surface area contributed by atoms with Crippen LogP contribution in [0.4, 0.5) is 34.1 Å². The lowest BCUT2D eigenvalue weighted by Gasteiger charge is -2.35. The molecule has 2 nitrogen and oxygen atoms in total. The summed E-state index contributed by atoms with van der Waals surface area (Å²) in [6, 6.07) is 80.5. The van der Waals surface area contributed by atoms with Gasteiger partial charge in [-0.3, -0.25) is 0 Å². The third kappa shape index (κ3) is 4.74. The van der Waals surface area contributed by atoms with Gasteiger partial charge in [0.15, 0.2) is 0 Å². The van der Waals surface area contributed by atoms with Crippen LogP contribution in [0.5, 0.6) is 0 Å². The maximum atomic E-state index is 2.50. The van der Waals surface area contributed by atoms with Crippen LogP contribution < -0.4 is 9.80 Å². The van der Waals surface area contributed by atoms with Crippen LogP contribution >= 0.6 is 11.8 Å². The average molecular weight is 757 g/mol. The van der Waals surface area contributed by atoms with Gasteiger partial charge in [-0.05, 0) is 117 Å². The minimum atomic E-state index is -0.521. The van der Waals surface area contributed by atoms with Crippen molar-refractivity contribution in [2.45, 2.75) is 15.2 Å². The van der Waals surface area contributed by atoms with Crippen molar-refractivity contribution in [2.75, 3.05) is 9.80 Å². The molecule has 1 spiro atoms. The van der Waals surface area contributed by atoms with E-state index in [0.29, 0.717) is 0 Å². The second-order valence-corrected chi connectivity index (χ2v) is 16.3. The van der Waals surface area contributed by atoms with Crippen molar-refractivity contribution in [3.8, 4) is 33.4 Å². The van der Waals surface area contributed by atoms with Crippen LogP contribution in [-0.4, -0.2) is 0 Å². The van der Waals surface area contributed by atoms with Gasteiger partial charge in [-0.1, -0.05) is 163 Å². The molecule has 1 atom stereocenters. The van der Waals surface area contributed by atoms with Gasteiger partial charge in [0.2, 0.25) is 0 Å². The molecule has 0 amide bonds. The minimum absolute atomic E-state index is 0.521. The van der Waals surface area contributed by atoms with Gasteiger partial charge in [0.05, 0.1) is 22.5 Å². The smallest absolute Gasteiger partial charge is 0.0727 e. The van der Waals surface area contributed by atoms with Crippen LogP contribution in [0, 0.1) is 0 Å². The summed E-state index contributed by atoms with van der Waals surface area (Å²) in [4.78, 5) is 7.44. The lowest BCUT2D eigenvalue weighted by Crippen LogP contribution is -2.26. The fourth-order valence-electron chi connectivity index (χ4n) is 9.90. The summed E-state index contributed by atoms with van der Waals surface area (Å²) in [5, 5.41) is 0. The number of hydrogen-bond acceptors (Lipinski definition) is 3. The van der Waals surface area contributed by atoms with Crippen LogP contribution in [0.2, 0.25) is 0 Å². The van der Waals surface area contributed by atoms with Crippen LogP contribution in [0.1, 0.15) is 22.3 Å². The lowest BCUT2D eigenvalue weighted by atomic mass is 9.70. The highest BCUT2D eigenvalue weighted by Gasteiger charge is 2.52. The quantitative estimate of drug-likeness (QED) is 0.173. The van der Waals surface area contributed by atoms with Crippen molar-refractivity contribution < 1.29 is 0 Å². The molecule has 0 aromatic heterocycles. The summed E-state index contributed by atoms with van der Waals surface area (Å²) < 4.78 is 0. The molecule has 0 saturated carbocycles. The van der Waals surface area contributed by atoms with Crippen LogP contribution in [0.15, 0.2) is 228 Å². The van der Waals surface area contributed by atoms with E-state index in [-0.39, 0.29) is 0 Å². The number of fused-ring (bicyclic) bond motifs is 12. The molecule has 1 heterocycles. The maximum Gasteiger partial charge on any atom is 0.0727 e. The van der Waals surface area contributed by atoms with Crippen molar-refractivity contribution in [3.05, 3.63) is 241 Å². The maximum absolute atomic E-state index is 2.50. The summed E-state index contributed by atoms with van der Waals surface area (Å²) in [5.41, 5.74) is 19.3. The van der Waals surface area contributed by atoms with Gasteiger partial charge < -0.3 is 9.80 Å². The molecular weight excluding hydrogens is 721 g/mol. The Morgan fingerprint density at radius 2 is 0.845 bits per heavy atom. The first-order valence-corrected chi connectivity index (χ1v) is 20.8. The number of benzene rings is 9. The largest absolute Gasteiger partial charge is 0.310 e. The Morgan fingerprint density at radius 3 is 1.57 bits per heavy atom. The summed E-state index contributed by atoms with van der Waals surface area (Å²) >= 11 is 1.85. The molecule has 0 saturated heterocycles. The molecule has 272 valence electrons. The highest BCUT2D eigenvalue weighted by atomic mass is 32.2. The molecule has 3 heteroatoms. The van der Waals surface area contributed by atoms with Crippen molar-refractivity contribution in [2.24, 2.45) is 0 Å². The molecule has 9 aromatic carbocycles. The Balaban J connectivity index is 1.10. The number of rotatable bonds is 5. The zero-order chi connectivity index (χ0) is 38.2. The van der Waals surface area contributed by atoms with E-state index < -0.39 is 5.41 Å². The minimum Gasteiger partial charge on any atom is -0.310 e. The Hall–Kier alpha value is -7.07. The highest BCUT2D eigenvalue weighted by molar-refractivity contribution is 7.99. The predicted molar refractivity (Wildman–Crippen MR) is 242 cm³/mol. The van der Waals surface area contributed by atoms with E-state index in [4.69, 9.17) is 0 Å². The third-order valence-electron chi connectivity index (χ3n) is 12.3. The van der Waals surface area contributed by atoms with E-state index in [1.807, 2.05) is 11.8 Å². The fraction of sp³-hybridized carbons (Fsp3) is 0.0182. The van der Waals surface area contributed by atoms with Crippen LogP contribution in [0.25, 0.3) is 33.4 Å². The fourth-order valence-corrected chi connectivity index (χ4v) is 11.0. The number of anilines is 6. The van der Waals surface area contributed by atoms with E-state index in [0.717, 1.165) is 17.1 Å². The first kappa shape index (κ1) is 33.1. The molecule has 1 unspecified atom stereocenters. The van der Waals surface area contributed by atoms with Gasteiger partial charge in [0.1, 0.15) is 0 Å². The predicted octanol–water partition coefficient (Wildman–Crippen LogP) is 15.1. The Labute approximate surface area is 343 Å². The summed E-state index contributed by atoms with van der Waals surface area (Å²) in [7, 11) is 0. The molecule has 1 aliphatic heterocycles. The number of hydrogen-bond donors (Lipinski definition) is 0. The highest BCUT2D eigenvalue weighted by Crippen LogP contribution is 2.66. The SMILES string of the molecule is c1ccc(-c2ccc(N(c3ccccc3)c3ccc4c(c3)C3(c5ccccc5-4)c4ccccc4-c4c(N5c6ccccc6Sc6ccccc65)cccc43)cc2)cc1. The Bertz CT molecular complexity index is 3000. The van der Waals surface area contributed by atoms with Gasteiger partial charge in [0, 0.05) is 32.4 Å². The molecule has 58 heavy (non-hydrogen) atoms. The first-order chi connectivity index (χ1) is 28.8. The summed E-state index contributed by atoms with van der Waals surface area (Å²) in [5.74, 6) is 0. The van der Waals surface area contributed by atoms with Crippen molar-refractivity contribution in [3.63, 3.8) is 0 Å². The number of para-hydroxylation sites is 3. The molecule has 0 N–H and O–H groups in total.